The van der Waals surface area contributed by atoms with Gasteiger partial charge in [-0.15, -0.1) is 0 Å². The van der Waals surface area contributed by atoms with E-state index < -0.39 is 0 Å². The molecule has 1 amide bonds. The molecule has 0 radical (unpaired) electrons. The standard InChI is InChI=1S/C13H21N3O2/c1-9(2)15-13(17)10(3)14-8-11-6-5-7-12(16-11)18-4/h5-7,9-10,14H,8H2,1-4H3,(H,15,17). The molecule has 0 aliphatic rings. The fraction of sp³-hybridized carbons (Fsp3) is 0.538. The number of hydrogen-bond acceptors (Lipinski definition) is 4. The highest BCUT2D eigenvalue weighted by atomic mass is 16.5. The molecular weight excluding hydrogens is 230 g/mol. The summed E-state index contributed by atoms with van der Waals surface area (Å²) in [5.74, 6) is 0.571. The average molecular weight is 251 g/mol. The lowest BCUT2D eigenvalue weighted by molar-refractivity contribution is -0.123. The van der Waals surface area contributed by atoms with Gasteiger partial charge in [0.1, 0.15) is 0 Å². The Bertz CT molecular complexity index is 394. The van der Waals surface area contributed by atoms with Crippen LogP contribution in [-0.4, -0.2) is 30.1 Å². The highest BCUT2D eigenvalue weighted by molar-refractivity contribution is 5.81. The van der Waals surface area contributed by atoms with E-state index in [0.29, 0.717) is 12.4 Å². The van der Waals surface area contributed by atoms with Crippen LogP contribution in [0.1, 0.15) is 26.5 Å². The van der Waals surface area contributed by atoms with E-state index in [1.54, 1.807) is 13.2 Å². The zero-order valence-electron chi connectivity index (χ0n) is 11.4. The third-order valence-electron chi connectivity index (χ3n) is 2.40. The Morgan fingerprint density at radius 3 is 2.72 bits per heavy atom. The molecule has 100 valence electrons. The third-order valence-corrected chi connectivity index (χ3v) is 2.40. The van der Waals surface area contributed by atoms with Gasteiger partial charge >= 0.3 is 0 Å². The lowest BCUT2D eigenvalue weighted by Crippen LogP contribution is -2.44. The summed E-state index contributed by atoms with van der Waals surface area (Å²) in [5, 5.41) is 5.98. The number of hydrogen-bond donors (Lipinski definition) is 2. The molecule has 0 fully saturated rings. The first-order chi connectivity index (χ1) is 8.52. The summed E-state index contributed by atoms with van der Waals surface area (Å²) in [7, 11) is 1.58. The highest BCUT2D eigenvalue weighted by Gasteiger charge is 2.12. The molecule has 1 atom stereocenters. The van der Waals surface area contributed by atoms with Crippen molar-refractivity contribution < 1.29 is 9.53 Å². The minimum atomic E-state index is -0.250. The fourth-order valence-electron chi connectivity index (χ4n) is 1.43. The van der Waals surface area contributed by atoms with E-state index in [1.807, 2.05) is 32.9 Å². The summed E-state index contributed by atoms with van der Waals surface area (Å²) < 4.78 is 5.04. The Balaban J connectivity index is 2.46. The molecule has 0 saturated carbocycles. The van der Waals surface area contributed by atoms with E-state index in [2.05, 4.69) is 15.6 Å². The third kappa shape index (κ3) is 4.71. The molecular formula is C13H21N3O2. The van der Waals surface area contributed by atoms with Gasteiger partial charge in [0.2, 0.25) is 11.8 Å². The van der Waals surface area contributed by atoms with Crippen molar-refractivity contribution in [2.75, 3.05) is 7.11 Å². The molecule has 0 spiro atoms. The molecule has 5 nitrogen and oxygen atoms in total. The minimum Gasteiger partial charge on any atom is -0.481 e. The molecule has 0 bridgehead atoms. The highest BCUT2D eigenvalue weighted by Crippen LogP contribution is 2.06. The monoisotopic (exact) mass is 251 g/mol. The molecule has 18 heavy (non-hydrogen) atoms. The van der Waals surface area contributed by atoms with Crippen LogP contribution in [0.15, 0.2) is 18.2 Å². The van der Waals surface area contributed by atoms with Crippen LogP contribution in [0.3, 0.4) is 0 Å². The van der Waals surface area contributed by atoms with E-state index in [9.17, 15) is 4.79 Å². The lowest BCUT2D eigenvalue weighted by Gasteiger charge is -2.15. The predicted octanol–water partition coefficient (Wildman–Crippen LogP) is 1.09. The molecule has 0 saturated heterocycles. The number of carbonyl (C=O) groups excluding carboxylic acids is 1. The maximum atomic E-state index is 11.7. The maximum Gasteiger partial charge on any atom is 0.237 e. The Kier molecular flexibility index (Phi) is 5.58. The van der Waals surface area contributed by atoms with Crippen LogP contribution >= 0.6 is 0 Å². The SMILES string of the molecule is COc1cccc(CNC(C)C(=O)NC(C)C)n1. The molecule has 0 aliphatic heterocycles. The first-order valence-corrected chi connectivity index (χ1v) is 6.06. The Morgan fingerprint density at radius 1 is 1.39 bits per heavy atom. The number of carbonyl (C=O) groups is 1. The normalized spacial score (nSPS) is 12.3. The molecule has 0 aliphatic carbocycles. The second-order valence-electron chi connectivity index (χ2n) is 4.44. The quantitative estimate of drug-likeness (QED) is 0.794. The van der Waals surface area contributed by atoms with Crippen molar-refractivity contribution >= 4 is 5.91 Å². The number of nitrogens with one attached hydrogen (secondary N) is 2. The zero-order chi connectivity index (χ0) is 13.5. The topological polar surface area (TPSA) is 63.2 Å². The average Bonchev–Trinajstić information content (AvgIpc) is 2.35. The van der Waals surface area contributed by atoms with Crippen LogP contribution < -0.4 is 15.4 Å². The first-order valence-electron chi connectivity index (χ1n) is 6.06. The molecule has 2 N–H and O–H groups in total. The zero-order valence-corrected chi connectivity index (χ0v) is 11.4. The van der Waals surface area contributed by atoms with E-state index in [1.165, 1.54) is 0 Å². The number of nitrogens with zero attached hydrogens (tertiary/aromatic N) is 1. The van der Waals surface area contributed by atoms with Crippen LogP contribution in [0.2, 0.25) is 0 Å². The van der Waals surface area contributed by atoms with Crippen LogP contribution in [0.4, 0.5) is 0 Å². The van der Waals surface area contributed by atoms with Crippen LogP contribution in [0.25, 0.3) is 0 Å². The van der Waals surface area contributed by atoms with Crippen molar-refractivity contribution in [1.29, 1.82) is 0 Å². The maximum absolute atomic E-state index is 11.7. The van der Waals surface area contributed by atoms with Crippen molar-refractivity contribution in [2.24, 2.45) is 0 Å². The van der Waals surface area contributed by atoms with Gasteiger partial charge in [0.25, 0.3) is 0 Å². The first kappa shape index (κ1) is 14.4. The van der Waals surface area contributed by atoms with Gasteiger partial charge < -0.3 is 15.4 Å². The number of pyridine rings is 1. The van der Waals surface area contributed by atoms with Crippen molar-refractivity contribution in [3.63, 3.8) is 0 Å². The summed E-state index contributed by atoms with van der Waals surface area (Å²) >= 11 is 0. The molecule has 5 heteroatoms. The summed E-state index contributed by atoms with van der Waals surface area (Å²) in [6, 6.07) is 5.46. The molecule has 0 aromatic carbocycles. The van der Waals surface area contributed by atoms with Gasteiger partial charge in [-0.1, -0.05) is 6.07 Å². The second-order valence-corrected chi connectivity index (χ2v) is 4.44. The van der Waals surface area contributed by atoms with Gasteiger partial charge in [-0.3, -0.25) is 4.79 Å². The minimum absolute atomic E-state index is 0.00658. The smallest absolute Gasteiger partial charge is 0.237 e. The van der Waals surface area contributed by atoms with E-state index in [4.69, 9.17) is 4.74 Å². The van der Waals surface area contributed by atoms with E-state index in [-0.39, 0.29) is 18.0 Å². The number of methoxy groups -OCH3 is 1. The fourth-order valence-corrected chi connectivity index (χ4v) is 1.43. The van der Waals surface area contributed by atoms with Gasteiger partial charge in [-0.2, -0.15) is 0 Å². The largest absolute Gasteiger partial charge is 0.481 e. The molecule has 1 rings (SSSR count). The van der Waals surface area contributed by atoms with Crippen molar-refractivity contribution in [3.8, 4) is 5.88 Å². The second kappa shape index (κ2) is 6.96. The lowest BCUT2D eigenvalue weighted by atomic mass is 10.2. The Hall–Kier alpha value is -1.62. The van der Waals surface area contributed by atoms with Gasteiger partial charge in [0.05, 0.1) is 18.8 Å². The van der Waals surface area contributed by atoms with Crippen molar-refractivity contribution in [3.05, 3.63) is 23.9 Å². The van der Waals surface area contributed by atoms with Crippen LogP contribution in [0.5, 0.6) is 5.88 Å². The molecule has 1 aromatic heterocycles. The van der Waals surface area contributed by atoms with Gasteiger partial charge in [-0.25, -0.2) is 4.98 Å². The van der Waals surface area contributed by atoms with Gasteiger partial charge in [0.15, 0.2) is 0 Å². The van der Waals surface area contributed by atoms with E-state index >= 15 is 0 Å². The predicted molar refractivity (Wildman–Crippen MR) is 70.4 cm³/mol. The summed E-state index contributed by atoms with van der Waals surface area (Å²) in [6.07, 6.45) is 0. The number of ether oxygens (including phenoxy) is 1. The molecule has 1 unspecified atom stereocenters. The molecule has 1 heterocycles. The number of amides is 1. The van der Waals surface area contributed by atoms with E-state index in [0.717, 1.165) is 5.69 Å². The number of rotatable bonds is 6. The van der Waals surface area contributed by atoms with Crippen molar-refractivity contribution in [1.82, 2.24) is 15.6 Å². The summed E-state index contributed by atoms with van der Waals surface area (Å²) in [4.78, 5) is 15.9. The van der Waals surface area contributed by atoms with Crippen LogP contribution in [0, 0.1) is 0 Å². The summed E-state index contributed by atoms with van der Waals surface area (Å²) in [6.45, 7) is 6.24. The van der Waals surface area contributed by atoms with Crippen LogP contribution in [-0.2, 0) is 11.3 Å². The van der Waals surface area contributed by atoms with Gasteiger partial charge in [0, 0.05) is 18.7 Å². The Morgan fingerprint density at radius 2 is 2.11 bits per heavy atom. The van der Waals surface area contributed by atoms with Gasteiger partial charge in [-0.05, 0) is 26.8 Å². The Labute approximate surface area is 108 Å². The number of aromatic nitrogens is 1. The molecule has 1 aromatic rings. The summed E-state index contributed by atoms with van der Waals surface area (Å²) in [5.41, 5.74) is 0.846. The van der Waals surface area contributed by atoms with Crippen molar-refractivity contribution in [2.45, 2.75) is 39.4 Å².